The molecule has 8 rings (SSSR count). The first-order valence-electron chi connectivity index (χ1n) is 12.5. The average molecular weight is 490 g/mol. The molecule has 0 amide bonds. The molecule has 1 saturated carbocycles. The largest absolute Gasteiger partial charge is 0.482 e. The van der Waals surface area contributed by atoms with E-state index in [1.54, 1.807) is 0 Å². The minimum Gasteiger partial charge on any atom is -0.482 e. The highest BCUT2D eigenvalue weighted by Gasteiger charge is 2.84. The van der Waals surface area contributed by atoms with Crippen LogP contribution in [0, 0.1) is 5.92 Å². The van der Waals surface area contributed by atoms with Gasteiger partial charge in [0.15, 0.2) is 11.5 Å². The Hall–Kier alpha value is -2.45. The second kappa shape index (κ2) is 6.85. The molecular formula is C28H27NO5S. The molecule has 2 fully saturated rings. The Morgan fingerprint density at radius 3 is 2.94 bits per heavy atom. The van der Waals surface area contributed by atoms with E-state index in [4.69, 9.17) is 13.1 Å². The highest BCUT2D eigenvalue weighted by molar-refractivity contribution is 7.75. The lowest BCUT2D eigenvalue weighted by Crippen LogP contribution is -2.51. The zero-order valence-corrected chi connectivity index (χ0v) is 20.3. The fraction of sp³-hybridized carbons (Fsp3) is 0.429. The summed E-state index contributed by atoms with van der Waals surface area (Å²) in [5, 5.41) is 10.8. The zero-order chi connectivity index (χ0) is 23.5. The first kappa shape index (κ1) is 20.7. The summed E-state index contributed by atoms with van der Waals surface area (Å²) in [5.74, 6) is 1.39. The molecule has 2 spiro atoms. The third-order valence-electron chi connectivity index (χ3n) is 9.50. The van der Waals surface area contributed by atoms with Crippen molar-refractivity contribution in [3.8, 4) is 11.5 Å². The number of likely N-dealkylation sites (N-methyl/N-ethyl adjacent to an activating group) is 1. The number of aliphatic hydroxyl groups is 1. The predicted octanol–water partition coefficient (Wildman–Crippen LogP) is 3.25. The molecule has 2 aromatic carbocycles. The Bertz CT molecular complexity index is 1370. The highest BCUT2D eigenvalue weighted by atomic mass is 32.2. The van der Waals surface area contributed by atoms with E-state index in [0.29, 0.717) is 30.1 Å². The van der Waals surface area contributed by atoms with E-state index in [1.165, 1.54) is 22.3 Å². The van der Waals surface area contributed by atoms with Gasteiger partial charge in [0.2, 0.25) is 0 Å². The molecule has 6 aliphatic rings. The van der Waals surface area contributed by atoms with Gasteiger partial charge in [-0.25, -0.2) is 0 Å². The van der Waals surface area contributed by atoms with Crippen LogP contribution in [0.2, 0.25) is 0 Å². The van der Waals surface area contributed by atoms with Gasteiger partial charge in [-0.2, -0.15) is 4.21 Å². The Kier molecular flexibility index (Phi) is 4.06. The van der Waals surface area contributed by atoms with E-state index in [9.17, 15) is 9.32 Å². The van der Waals surface area contributed by atoms with Gasteiger partial charge in [-0.1, -0.05) is 54.1 Å². The van der Waals surface area contributed by atoms with Crippen LogP contribution in [0.25, 0.3) is 0 Å². The van der Waals surface area contributed by atoms with E-state index in [0.717, 1.165) is 31.2 Å². The maximum atomic E-state index is 12.7. The first-order chi connectivity index (χ1) is 17.0. The lowest BCUT2D eigenvalue weighted by atomic mass is 9.64. The fourth-order valence-electron chi connectivity index (χ4n) is 8.06. The van der Waals surface area contributed by atoms with E-state index in [-0.39, 0.29) is 17.1 Å². The summed E-state index contributed by atoms with van der Waals surface area (Å²) in [4.78, 5) is 2.45. The molecule has 0 aromatic heterocycles. The number of hydrogen-bond donors (Lipinski definition) is 1. The van der Waals surface area contributed by atoms with Crippen LogP contribution in [-0.4, -0.2) is 46.1 Å². The van der Waals surface area contributed by atoms with Crippen LogP contribution in [0.15, 0.2) is 60.2 Å². The number of rotatable bonds is 6. The minimum atomic E-state index is -1.93. The summed E-state index contributed by atoms with van der Waals surface area (Å²) in [6, 6.07) is 12.9. The van der Waals surface area contributed by atoms with Gasteiger partial charge in [-0.15, -0.1) is 0 Å². The van der Waals surface area contributed by atoms with Crippen LogP contribution in [0.4, 0.5) is 0 Å². The van der Waals surface area contributed by atoms with Gasteiger partial charge >= 0.3 is 11.4 Å². The van der Waals surface area contributed by atoms with Crippen LogP contribution in [-0.2, 0) is 39.3 Å². The van der Waals surface area contributed by atoms with Crippen LogP contribution < -0.4 is 8.92 Å². The van der Waals surface area contributed by atoms with E-state index < -0.39 is 17.5 Å². The minimum absolute atomic E-state index is 0.0334. The molecule has 180 valence electrons. The summed E-state index contributed by atoms with van der Waals surface area (Å²) in [6.07, 6.45) is 8.85. The summed E-state index contributed by atoms with van der Waals surface area (Å²) in [7, 11) is 2.19. The second-order valence-electron chi connectivity index (χ2n) is 10.8. The van der Waals surface area contributed by atoms with Crippen LogP contribution >= 0.6 is 0 Å². The van der Waals surface area contributed by atoms with Crippen molar-refractivity contribution in [1.29, 1.82) is 0 Å². The molecule has 8 atom stereocenters. The van der Waals surface area contributed by atoms with E-state index in [1.807, 2.05) is 12.1 Å². The number of piperidine rings is 1. The van der Waals surface area contributed by atoms with Gasteiger partial charge in [-0.05, 0) is 55.5 Å². The van der Waals surface area contributed by atoms with Crippen molar-refractivity contribution in [2.75, 3.05) is 13.7 Å². The standard InChI is InChI=1S/C28H27NO5S/c1-29-25-20-8-10-21(30)26-27(20)15-28(25,29)19-9-11-22(24(33-26)23(19)27)34-35(31)32-13-12-16-6-7-17-4-2-3-5-18(17)14-16/h2-6,8-11,20-21,25-26,30H,7,12-15H2,1H3. The highest BCUT2D eigenvalue weighted by Crippen LogP contribution is 2.80. The van der Waals surface area contributed by atoms with Gasteiger partial charge in [0.25, 0.3) is 0 Å². The molecule has 2 bridgehead atoms. The zero-order valence-electron chi connectivity index (χ0n) is 19.5. The Labute approximate surface area is 207 Å². The predicted molar refractivity (Wildman–Crippen MR) is 130 cm³/mol. The maximum absolute atomic E-state index is 12.7. The monoisotopic (exact) mass is 489 g/mol. The van der Waals surface area contributed by atoms with Crippen molar-refractivity contribution in [1.82, 2.24) is 4.90 Å². The summed E-state index contributed by atoms with van der Waals surface area (Å²) in [6.45, 7) is 0.328. The van der Waals surface area contributed by atoms with Crippen LogP contribution in [0.3, 0.4) is 0 Å². The molecular weight excluding hydrogens is 462 g/mol. The number of likely N-dealkylation sites (tertiary alicyclic amines) is 1. The Morgan fingerprint density at radius 2 is 2.06 bits per heavy atom. The van der Waals surface area contributed by atoms with Crippen LogP contribution in [0.5, 0.6) is 11.5 Å². The molecule has 1 saturated heterocycles. The Balaban J connectivity index is 1.00. The number of hydrogen-bond acceptors (Lipinski definition) is 6. The molecule has 0 radical (unpaired) electrons. The van der Waals surface area contributed by atoms with Gasteiger partial charge in [0.05, 0.1) is 12.1 Å². The van der Waals surface area contributed by atoms with Crippen molar-refractivity contribution >= 4 is 11.4 Å². The number of aliphatic hydroxyl groups excluding tert-OH is 1. The van der Waals surface area contributed by atoms with Gasteiger partial charge < -0.3 is 14.0 Å². The first-order valence-corrected chi connectivity index (χ1v) is 13.5. The number of fused-ring (bicyclic) bond motifs is 2. The number of allylic oxidation sites excluding steroid dienone is 1. The Morgan fingerprint density at radius 1 is 1.20 bits per heavy atom. The average Bonchev–Trinajstić information content (AvgIpc) is 3.16. The van der Waals surface area contributed by atoms with Crippen molar-refractivity contribution in [3.63, 3.8) is 0 Å². The maximum Gasteiger partial charge on any atom is 0.360 e. The third-order valence-corrected chi connectivity index (χ3v) is 10.2. The lowest BCUT2D eigenvalue weighted by molar-refractivity contribution is 0.00634. The quantitative estimate of drug-likeness (QED) is 0.496. The van der Waals surface area contributed by atoms with Crippen molar-refractivity contribution in [2.24, 2.45) is 5.92 Å². The van der Waals surface area contributed by atoms with E-state index in [2.05, 4.69) is 54.4 Å². The molecule has 2 heterocycles. The van der Waals surface area contributed by atoms with Gasteiger partial charge in [-0.3, -0.25) is 9.08 Å². The van der Waals surface area contributed by atoms with Crippen molar-refractivity contribution in [3.05, 3.63) is 82.5 Å². The smallest absolute Gasteiger partial charge is 0.360 e. The topological polar surface area (TPSA) is 68.0 Å². The number of benzene rings is 2. The van der Waals surface area contributed by atoms with Crippen molar-refractivity contribution < 1.29 is 22.4 Å². The number of ether oxygens (including phenoxy) is 1. The summed E-state index contributed by atoms with van der Waals surface area (Å²) < 4.78 is 30.5. The van der Waals surface area contributed by atoms with E-state index >= 15 is 0 Å². The molecule has 2 aromatic rings. The normalized spacial score (nSPS) is 38.8. The van der Waals surface area contributed by atoms with Crippen molar-refractivity contribution in [2.45, 2.75) is 54.9 Å². The molecule has 8 unspecified atom stereocenters. The molecule has 7 heteroatoms. The molecule has 2 aliphatic heterocycles. The number of nitrogens with zero attached hydrogens (tertiary/aromatic N) is 1. The molecule has 4 aliphatic carbocycles. The van der Waals surface area contributed by atoms with Gasteiger partial charge in [0.1, 0.15) is 12.2 Å². The SMILES string of the molecule is CN1C2C3C=CC(O)C4Oc5c(OS(=O)OCCC6=CCc7ccccc7C6)ccc6c5C34CC621. The molecule has 1 N–H and O–H groups in total. The molecule has 6 nitrogen and oxygen atoms in total. The second-order valence-corrected chi connectivity index (χ2v) is 11.6. The van der Waals surface area contributed by atoms with Crippen LogP contribution in [0.1, 0.15) is 35.1 Å². The summed E-state index contributed by atoms with van der Waals surface area (Å²) in [5.41, 5.74) is 6.27. The third kappa shape index (κ3) is 2.47. The molecule has 35 heavy (non-hydrogen) atoms. The lowest BCUT2D eigenvalue weighted by Gasteiger charge is -2.40. The summed E-state index contributed by atoms with van der Waals surface area (Å²) >= 11 is -1.93. The van der Waals surface area contributed by atoms with Gasteiger partial charge in [0, 0.05) is 22.9 Å². The fourth-order valence-corrected chi connectivity index (χ4v) is 8.61.